The van der Waals surface area contributed by atoms with Gasteiger partial charge < -0.3 is 4.42 Å². The van der Waals surface area contributed by atoms with Gasteiger partial charge in [0.15, 0.2) is 5.76 Å². The minimum Gasteiger partial charge on any atom is -0.463 e. The fourth-order valence-corrected chi connectivity index (χ4v) is 2.89. The maximum atomic E-state index is 5.38. The highest BCUT2D eigenvalue weighted by molar-refractivity contribution is 7.15. The maximum Gasteiger partial charge on any atom is 0.152 e. The normalized spacial score (nSPS) is 10.8. The van der Waals surface area contributed by atoms with Gasteiger partial charge in [-0.2, -0.15) is 0 Å². The number of hydrogen-bond acceptors (Lipinski definition) is 3. The predicted octanol–water partition coefficient (Wildman–Crippen LogP) is 4.69. The van der Waals surface area contributed by atoms with Gasteiger partial charge in [-0.1, -0.05) is 0 Å². The van der Waals surface area contributed by atoms with Crippen molar-refractivity contribution in [2.24, 2.45) is 0 Å². The molecule has 0 bridgehead atoms. The second-order valence-corrected chi connectivity index (χ2v) is 5.51. The SMILES string of the molecule is Cc1cc(-c2ccnc(-c3ccco3)c2)sc1C. The first-order valence-electron chi connectivity index (χ1n) is 5.81. The summed E-state index contributed by atoms with van der Waals surface area (Å²) < 4.78 is 5.38. The first-order chi connectivity index (χ1) is 8.74. The van der Waals surface area contributed by atoms with E-state index < -0.39 is 0 Å². The molecule has 18 heavy (non-hydrogen) atoms. The Labute approximate surface area is 110 Å². The summed E-state index contributed by atoms with van der Waals surface area (Å²) in [6.45, 7) is 4.29. The molecule has 0 amide bonds. The van der Waals surface area contributed by atoms with Gasteiger partial charge in [0.25, 0.3) is 0 Å². The highest BCUT2D eigenvalue weighted by Gasteiger charge is 2.07. The van der Waals surface area contributed by atoms with E-state index in [1.807, 2.05) is 35.7 Å². The van der Waals surface area contributed by atoms with Crippen molar-refractivity contribution in [2.75, 3.05) is 0 Å². The average Bonchev–Trinajstić information content (AvgIpc) is 3.01. The summed E-state index contributed by atoms with van der Waals surface area (Å²) in [4.78, 5) is 6.99. The van der Waals surface area contributed by atoms with Crippen molar-refractivity contribution in [3.63, 3.8) is 0 Å². The largest absolute Gasteiger partial charge is 0.463 e. The van der Waals surface area contributed by atoms with Crippen molar-refractivity contribution < 1.29 is 4.42 Å². The highest BCUT2D eigenvalue weighted by Crippen LogP contribution is 2.32. The van der Waals surface area contributed by atoms with Crippen LogP contribution in [-0.4, -0.2) is 4.98 Å². The zero-order valence-electron chi connectivity index (χ0n) is 10.3. The van der Waals surface area contributed by atoms with Gasteiger partial charge >= 0.3 is 0 Å². The third-order valence-corrected chi connectivity index (χ3v) is 4.19. The minimum atomic E-state index is 0.807. The molecular formula is C15H13NOS. The third kappa shape index (κ3) is 1.97. The Balaban J connectivity index is 2.06. The monoisotopic (exact) mass is 255 g/mol. The van der Waals surface area contributed by atoms with Gasteiger partial charge in [-0.25, -0.2) is 0 Å². The molecule has 3 aromatic rings. The lowest BCUT2D eigenvalue weighted by Crippen LogP contribution is -1.81. The number of thiophene rings is 1. The van der Waals surface area contributed by atoms with Crippen molar-refractivity contribution in [1.82, 2.24) is 4.98 Å². The van der Waals surface area contributed by atoms with Gasteiger partial charge in [0.1, 0.15) is 5.69 Å². The van der Waals surface area contributed by atoms with Gasteiger partial charge in [-0.3, -0.25) is 4.98 Å². The molecule has 0 aliphatic carbocycles. The molecule has 2 nitrogen and oxygen atoms in total. The molecule has 0 saturated carbocycles. The van der Waals surface area contributed by atoms with Crippen LogP contribution >= 0.6 is 11.3 Å². The number of hydrogen-bond donors (Lipinski definition) is 0. The Hall–Kier alpha value is -1.87. The van der Waals surface area contributed by atoms with Gasteiger partial charge in [0.2, 0.25) is 0 Å². The fourth-order valence-electron chi connectivity index (χ4n) is 1.86. The van der Waals surface area contributed by atoms with Crippen LogP contribution < -0.4 is 0 Å². The zero-order valence-corrected chi connectivity index (χ0v) is 11.1. The molecule has 0 saturated heterocycles. The third-order valence-electron chi connectivity index (χ3n) is 2.98. The number of rotatable bonds is 2. The fraction of sp³-hybridized carbons (Fsp3) is 0.133. The van der Waals surface area contributed by atoms with Crippen molar-refractivity contribution in [2.45, 2.75) is 13.8 Å². The van der Waals surface area contributed by atoms with Gasteiger partial charge in [-0.05, 0) is 55.3 Å². The molecule has 3 heteroatoms. The summed E-state index contributed by atoms with van der Waals surface area (Å²) in [6.07, 6.45) is 3.50. The molecule has 3 heterocycles. The van der Waals surface area contributed by atoms with E-state index in [0.717, 1.165) is 11.5 Å². The molecule has 0 N–H and O–H groups in total. The number of pyridine rings is 1. The van der Waals surface area contributed by atoms with E-state index in [9.17, 15) is 0 Å². The van der Waals surface area contributed by atoms with Crippen LogP contribution in [0.5, 0.6) is 0 Å². The second-order valence-electron chi connectivity index (χ2n) is 4.26. The molecular weight excluding hydrogens is 242 g/mol. The second kappa shape index (κ2) is 4.42. The Bertz CT molecular complexity index is 648. The van der Waals surface area contributed by atoms with Crippen LogP contribution in [-0.2, 0) is 0 Å². The van der Waals surface area contributed by atoms with E-state index in [2.05, 4.69) is 31.0 Å². The highest BCUT2D eigenvalue weighted by atomic mass is 32.1. The van der Waals surface area contributed by atoms with Gasteiger partial charge in [0.05, 0.1) is 6.26 Å². The van der Waals surface area contributed by atoms with Gasteiger partial charge in [0, 0.05) is 16.0 Å². The molecule has 0 aliphatic heterocycles. The summed E-state index contributed by atoms with van der Waals surface area (Å²) in [5, 5.41) is 0. The number of nitrogens with zero attached hydrogens (tertiary/aromatic N) is 1. The van der Waals surface area contributed by atoms with E-state index in [1.54, 1.807) is 6.26 Å². The lowest BCUT2D eigenvalue weighted by atomic mass is 10.1. The van der Waals surface area contributed by atoms with Crippen LogP contribution in [0.3, 0.4) is 0 Å². The standard InChI is InChI=1S/C15H13NOS/c1-10-8-15(18-11(10)2)12-5-6-16-13(9-12)14-4-3-7-17-14/h3-9H,1-2H3. The van der Waals surface area contributed by atoms with Crippen molar-refractivity contribution in [3.05, 3.63) is 53.2 Å². The van der Waals surface area contributed by atoms with E-state index in [-0.39, 0.29) is 0 Å². The Kier molecular flexibility index (Phi) is 2.76. The number of aromatic nitrogens is 1. The quantitative estimate of drug-likeness (QED) is 0.664. The zero-order chi connectivity index (χ0) is 12.5. The summed E-state index contributed by atoms with van der Waals surface area (Å²) in [5.41, 5.74) is 3.41. The predicted molar refractivity (Wildman–Crippen MR) is 74.7 cm³/mol. The van der Waals surface area contributed by atoms with Crippen LogP contribution in [0.2, 0.25) is 0 Å². The molecule has 0 fully saturated rings. The first-order valence-corrected chi connectivity index (χ1v) is 6.63. The van der Waals surface area contributed by atoms with Crippen molar-refractivity contribution >= 4 is 11.3 Å². The summed E-state index contributed by atoms with van der Waals surface area (Å²) in [5.74, 6) is 0.807. The minimum absolute atomic E-state index is 0.807. The lowest BCUT2D eigenvalue weighted by Gasteiger charge is -2.00. The molecule has 0 aromatic carbocycles. The topological polar surface area (TPSA) is 26.0 Å². The Morgan fingerprint density at radius 3 is 2.72 bits per heavy atom. The molecule has 3 aromatic heterocycles. The van der Waals surface area contributed by atoms with Gasteiger partial charge in [-0.15, -0.1) is 11.3 Å². The van der Waals surface area contributed by atoms with Crippen molar-refractivity contribution in [3.8, 4) is 21.9 Å². The van der Waals surface area contributed by atoms with Crippen LogP contribution in [0.4, 0.5) is 0 Å². The number of furan rings is 1. The van der Waals surface area contributed by atoms with Crippen LogP contribution in [0.15, 0.2) is 47.2 Å². The molecule has 0 aliphatic rings. The summed E-state index contributed by atoms with van der Waals surface area (Å²) in [7, 11) is 0. The maximum absolute atomic E-state index is 5.38. The first kappa shape index (κ1) is 11.2. The molecule has 0 radical (unpaired) electrons. The average molecular weight is 255 g/mol. The van der Waals surface area contributed by atoms with E-state index in [0.29, 0.717) is 0 Å². The molecule has 90 valence electrons. The van der Waals surface area contributed by atoms with Crippen LogP contribution in [0.1, 0.15) is 10.4 Å². The molecule has 0 unspecified atom stereocenters. The molecule has 0 atom stereocenters. The van der Waals surface area contributed by atoms with Crippen molar-refractivity contribution in [1.29, 1.82) is 0 Å². The smallest absolute Gasteiger partial charge is 0.152 e. The van der Waals surface area contributed by atoms with Crippen LogP contribution in [0.25, 0.3) is 21.9 Å². The lowest BCUT2D eigenvalue weighted by molar-refractivity contribution is 0.580. The molecule has 3 rings (SSSR count). The van der Waals surface area contributed by atoms with E-state index in [4.69, 9.17) is 4.42 Å². The Morgan fingerprint density at radius 1 is 1.17 bits per heavy atom. The molecule has 0 spiro atoms. The van der Waals surface area contributed by atoms with E-state index >= 15 is 0 Å². The Morgan fingerprint density at radius 2 is 2.06 bits per heavy atom. The van der Waals surface area contributed by atoms with E-state index in [1.165, 1.54) is 20.9 Å². The summed E-state index contributed by atoms with van der Waals surface area (Å²) in [6, 6.07) is 10.1. The summed E-state index contributed by atoms with van der Waals surface area (Å²) >= 11 is 1.82. The van der Waals surface area contributed by atoms with Crippen LogP contribution in [0, 0.1) is 13.8 Å². The number of aryl methyl sites for hydroxylation is 2.